The maximum absolute atomic E-state index is 5.83. The Morgan fingerprint density at radius 2 is 2.22 bits per heavy atom. The first-order chi connectivity index (χ1) is 8.88. The Morgan fingerprint density at radius 3 is 2.94 bits per heavy atom. The molecule has 0 bridgehead atoms. The summed E-state index contributed by atoms with van der Waals surface area (Å²) in [6, 6.07) is 2.60. The van der Waals surface area contributed by atoms with Gasteiger partial charge < -0.3 is 16.4 Å². The summed E-state index contributed by atoms with van der Waals surface area (Å²) < 4.78 is 2.11. The molecular formula is C13H23N5. The van der Waals surface area contributed by atoms with Gasteiger partial charge in [0.25, 0.3) is 0 Å². The van der Waals surface area contributed by atoms with Crippen molar-refractivity contribution in [1.29, 1.82) is 0 Å². The van der Waals surface area contributed by atoms with Crippen molar-refractivity contribution in [1.82, 2.24) is 15.1 Å². The van der Waals surface area contributed by atoms with E-state index in [1.165, 1.54) is 19.3 Å². The number of rotatable bonds is 5. The summed E-state index contributed by atoms with van der Waals surface area (Å²) >= 11 is 0. The summed E-state index contributed by atoms with van der Waals surface area (Å²) in [6.07, 6.45) is 5.83. The SMILES string of the molecule is NC[C@@H]1CCC[C@@H]1CNc1ccnn1C1CNC1. The van der Waals surface area contributed by atoms with Crippen LogP contribution in [0.3, 0.4) is 0 Å². The topological polar surface area (TPSA) is 67.9 Å². The first-order valence-electron chi connectivity index (χ1n) is 7.06. The summed E-state index contributed by atoms with van der Waals surface area (Å²) in [5.74, 6) is 2.60. The lowest BCUT2D eigenvalue weighted by atomic mass is 9.96. The molecule has 1 saturated carbocycles. The number of anilines is 1. The molecular weight excluding hydrogens is 226 g/mol. The molecule has 2 fully saturated rings. The number of aromatic nitrogens is 2. The lowest BCUT2D eigenvalue weighted by Gasteiger charge is -2.29. The van der Waals surface area contributed by atoms with Crippen molar-refractivity contribution in [3.05, 3.63) is 12.3 Å². The second-order valence-corrected chi connectivity index (χ2v) is 5.54. The Labute approximate surface area is 108 Å². The van der Waals surface area contributed by atoms with E-state index in [0.717, 1.165) is 37.9 Å². The summed E-state index contributed by atoms with van der Waals surface area (Å²) in [5, 5.41) is 11.3. The molecule has 5 heteroatoms. The molecule has 0 spiro atoms. The van der Waals surface area contributed by atoms with Crippen molar-refractivity contribution in [3.63, 3.8) is 0 Å². The van der Waals surface area contributed by atoms with Crippen LogP contribution in [0.5, 0.6) is 0 Å². The standard InChI is InChI=1S/C13H23N5/c14-6-10-2-1-3-11(10)7-16-13-4-5-17-18(13)12-8-15-9-12/h4-5,10-12,15-16H,1-3,6-9,14H2/t10-,11+/m0/s1. The smallest absolute Gasteiger partial charge is 0.124 e. The maximum Gasteiger partial charge on any atom is 0.124 e. The third kappa shape index (κ3) is 2.24. The fourth-order valence-corrected chi connectivity index (χ4v) is 3.12. The molecule has 0 aromatic carbocycles. The van der Waals surface area contributed by atoms with Crippen LogP contribution in [-0.4, -0.2) is 36.0 Å². The lowest BCUT2D eigenvalue weighted by Crippen LogP contribution is -2.44. The number of nitrogens with one attached hydrogen (secondary N) is 2. The fraction of sp³-hybridized carbons (Fsp3) is 0.769. The van der Waals surface area contributed by atoms with Crippen molar-refractivity contribution in [2.45, 2.75) is 25.3 Å². The molecule has 2 heterocycles. The summed E-state index contributed by atoms with van der Waals surface area (Å²) in [5.41, 5.74) is 5.83. The summed E-state index contributed by atoms with van der Waals surface area (Å²) in [6.45, 7) is 3.93. The number of hydrogen-bond donors (Lipinski definition) is 3. The zero-order valence-corrected chi connectivity index (χ0v) is 10.8. The normalized spacial score (nSPS) is 28.3. The van der Waals surface area contributed by atoms with Crippen molar-refractivity contribution in [3.8, 4) is 0 Å². The Hall–Kier alpha value is -1.07. The minimum absolute atomic E-state index is 0.524. The van der Waals surface area contributed by atoms with Gasteiger partial charge in [-0.3, -0.25) is 0 Å². The third-order valence-electron chi connectivity index (χ3n) is 4.44. The Morgan fingerprint density at radius 1 is 1.39 bits per heavy atom. The van der Waals surface area contributed by atoms with E-state index in [-0.39, 0.29) is 0 Å². The van der Waals surface area contributed by atoms with Crippen LogP contribution in [0.2, 0.25) is 0 Å². The van der Waals surface area contributed by atoms with Crippen LogP contribution in [0.4, 0.5) is 5.82 Å². The number of hydrogen-bond acceptors (Lipinski definition) is 4. The van der Waals surface area contributed by atoms with Gasteiger partial charge in [-0.1, -0.05) is 6.42 Å². The van der Waals surface area contributed by atoms with Crippen molar-refractivity contribution >= 4 is 5.82 Å². The van der Waals surface area contributed by atoms with Crippen LogP contribution in [-0.2, 0) is 0 Å². The van der Waals surface area contributed by atoms with E-state index in [1.807, 2.05) is 6.20 Å². The predicted octanol–water partition coefficient (Wildman–Crippen LogP) is 0.814. The van der Waals surface area contributed by atoms with E-state index < -0.39 is 0 Å². The molecule has 4 N–H and O–H groups in total. The van der Waals surface area contributed by atoms with Gasteiger partial charge in [-0.25, -0.2) is 4.68 Å². The minimum atomic E-state index is 0.524. The fourth-order valence-electron chi connectivity index (χ4n) is 3.12. The van der Waals surface area contributed by atoms with Gasteiger partial charge in [0.1, 0.15) is 5.82 Å². The second-order valence-electron chi connectivity index (χ2n) is 5.54. The van der Waals surface area contributed by atoms with E-state index in [2.05, 4.69) is 26.5 Å². The molecule has 3 rings (SSSR count). The van der Waals surface area contributed by atoms with Crippen LogP contribution in [0.15, 0.2) is 12.3 Å². The molecule has 5 nitrogen and oxygen atoms in total. The number of nitrogens with two attached hydrogens (primary N) is 1. The molecule has 1 aromatic heterocycles. The Balaban J connectivity index is 1.57. The van der Waals surface area contributed by atoms with Crippen LogP contribution in [0.25, 0.3) is 0 Å². The van der Waals surface area contributed by atoms with Crippen molar-refractivity contribution in [2.24, 2.45) is 17.6 Å². The second kappa shape index (κ2) is 5.28. The van der Waals surface area contributed by atoms with Gasteiger partial charge in [0.05, 0.1) is 12.2 Å². The van der Waals surface area contributed by atoms with Gasteiger partial charge in [-0.2, -0.15) is 5.10 Å². The van der Waals surface area contributed by atoms with E-state index in [1.54, 1.807) is 0 Å². The van der Waals surface area contributed by atoms with Gasteiger partial charge in [-0.05, 0) is 31.2 Å². The maximum atomic E-state index is 5.83. The molecule has 18 heavy (non-hydrogen) atoms. The Kier molecular flexibility index (Phi) is 3.52. The molecule has 2 atom stereocenters. The zero-order valence-electron chi connectivity index (χ0n) is 10.8. The molecule has 1 aliphatic carbocycles. The molecule has 1 aromatic rings. The average Bonchev–Trinajstić information content (AvgIpc) is 2.92. The largest absolute Gasteiger partial charge is 0.370 e. The van der Waals surface area contributed by atoms with Crippen molar-refractivity contribution < 1.29 is 0 Å². The van der Waals surface area contributed by atoms with Crippen LogP contribution in [0.1, 0.15) is 25.3 Å². The van der Waals surface area contributed by atoms with Crippen LogP contribution in [0, 0.1) is 11.8 Å². The average molecular weight is 249 g/mol. The highest BCUT2D eigenvalue weighted by atomic mass is 15.4. The van der Waals surface area contributed by atoms with Crippen molar-refractivity contribution in [2.75, 3.05) is 31.5 Å². The quantitative estimate of drug-likeness (QED) is 0.722. The van der Waals surface area contributed by atoms with Gasteiger partial charge in [-0.15, -0.1) is 0 Å². The molecule has 100 valence electrons. The zero-order chi connectivity index (χ0) is 12.4. The van der Waals surface area contributed by atoms with Gasteiger partial charge in [0.15, 0.2) is 0 Å². The highest BCUT2D eigenvalue weighted by Crippen LogP contribution is 2.31. The molecule has 0 amide bonds. The molecule has 2 aliphatic rings. The Bertz CT molecular complexity index is 384. The van der Waals surface area contributed by atoms with Gasteiger partial charge in [0.2, 0.25) is 0 Å². The number of nitrogens with zero attached hydrogens (tertiary/aromatic N) is 2. The first-order valence-corrected chi connectivity index (χ1v) is 7.06. The summed E-state index contributed by atoms with van der Waals surface area (Å²) in [7, 11) is 0. The minimum Gasteiger partial charge on any atom is -0.370 e. The molecule has 1 aliphatic heterocycles. The molecule has 0 radical (unpaired) electrons. The van der Waals surface area contributed by atoms with Crippen LogP contribution >= 0.6 is 0 Å². The summed E-state index contributed by atoms with van der Waals surface area (Å²) in [4.78, 5) is 0. The highest BCUT2D eigenvalue weighted by Gasteiger charge is 2.26. The monoisotopic (exact) mass is 249 g/mol. The van der Waals surface area contributed by atoms with Crippen LogP contribution < -0.4 is 16.4 Å². The molecule has 1 saturated heterocycles. The van der Waals surface area contributed by atoms with E-state index in [4.69, 9.17) is 5.73 Å². The third-order valence-corrected chi connectivity index (χ3v) is 4.44. The molecule has 0 unspecified atom stereocenters. The van der Waals surface area contributed by atoms with E-state index >= 15 is 0 Å². The van der Waals surface area contributed by atoms with E-state index in [9.17, 15) is 0 Å². The highest BCUT2D eigenvalue weighted by molar-refractivity contribution is 5.35. The lowest BCUT2D eigenvalue weighted by molar-refractivity contribution is 0.320. The first kappa shape index (κ1) is 12.0. The van der Waals surface area contributed by atoms with Gasteiger partial charge >= 0.3 is 0 Å². The van der Waals surface area contributed by atoms with E-state index in [0.29, 0.717) is 12.0 Å². The predicted molar refractivity (Wildman–Crippen MR) is 72.5 cm³/mol. The van der Waals surface area contributed by atoms with Gasteiger partial charge in [0, 0.05) is 25.7 Å².